The minimum absolute atomic E-state index is 0.0488. The molecule has 1 aliphatic rings. The molecule has 1 fully saturated rings. The zero-order valence-corrected chi connectivity index (χ0v) is 13.2. The molecule has 1 aromatic heterocycles. The van der Waals surface area contributed by atoms with E-state index >= 15 is 0 Å². The Morgan fingerprint density at radius 1 is 1.38 bits per heavy atom. The Hall–Kier alpha value is -1.62. The summed E-state index contributed by atoms with van der Waals surface area (Å²) in [6.45, 7) is 4.54. The van der Waals surface area contributed by atoms with Crippen molar-refractivity contribution in [2.24, 2.45) is 5.41 Å². The lowest BCUT2D eigenvalue weighted by Gasteiger charge is -2.33. The summed E-state index contributed by atoms with van der Waals surface area (Å²) in [5, 5.41) is 0.519. The van der Waals surface area contributed by atoms with Gasteiger partial charge in [-0.1, -0.05) is 25.2 Å². The highest BCUT2D eigenvalue weighted by molar-refractivity contribution is 7.22. The first-order valence-electron chi connectivity index (χ1n) is 7.30. The second-order valence-corrected chi connectivity index (χ2v) is 7.57. The molecule has 1 aliphatic carbocycles. The van der Waals surface area contributed by atoms with E-state index in [4.69, 9.17) is 10.5 Å². The highest BCUT2D eigenvalue weighted by Gasteiger charge is 2.29. The molecule has 0 aliphatic heterocycles. The Morgan fingerprint density at radius 3 is 2.81 bits per heavy atom. The maximum Gasteiger partial charge on any atom is 0.338 e. The van der Waals surface area contributed by atoms with Crippen LogP contribution < -0.4 is 5.73 Å². The van der Waals surface area contributed by atoms with Crippen LogP contribution in [0.25, 0.3) is 10.2 Å². The van der Waals surface area contributed by atoms with E-state index in [1.165, 1.54) is 11.3 Å². The van der Waals surface area contributed by atoms with Crippen molar-refractivity contribution in [3.8, 4) is 0 Å². The largest absolute Gasteiger partial charge is 0.459 e. The van der Waals surface area contributed by atoms with Crippen LogP contribution in [0.4, 0.5) is 5.13 Å². The number of hydrogen-bond donors (Lipinski definition) is 1. The van der Waals surface area contributed by atoms with Crippen molar-refractivity contribution in [1.82, 2.24) is 4.98 Å². The number of benzene rings is 1. The highest BCUT2D eigenvalue weighted by Crippen LogP contribution is 2.36. The van der Waals surface area contributed by atoms with Crippen LogP contribution >= 0.6 is 11.3 Å². The summed E-state index contributed by atoms with van der Waals surface area (Å²) in [5.41, 5.74) is 7.47. The van der Waals surface area contributed by atoms with E-state index in [1.54, 1.807) is 6.07 Å². The molecule has 4 nitrogen and oxygen atoms in total. The van der Waals surface area contributed by atoms with Crippen LogP contribution in [0.3, 0.4) is 0 Å². The van der Waals surface area contributed by atoms with Crippen LogP contribution in [0, 0.1) is 5.41 Å². The summed E-state index contributed by atoms with van der Waals surface area (Å²) in [6, 6.07) is 5.40. The van der Waals surface area contributed by atoms with Crippen LogP contribution in [0.5, 0.6) is 0 Å². The van der Waals surface area contributed by atoms with Gasteiger partial charge in [0.25, 0.3) is 0 Å². The number of esters is 1. The molecular formula is C16H20N2O2S. The average Bonchev–Trinajstić information content (AvgIpc) is 2.80. The molecule has 0 unspecified atom stereocenters. The minimum Gasteiger partial charge on any atom is -0.459 e. The molecule has 112 valence electrons. The first-order chi connectivity index (χ1) is 9.93. The number of rotatable bonds is 2. The van der Waals surface area contributed by atoms with E-state index in [-0.39, 0.29) is 12.1 Å². The van der Waals surface area contributed by atoms with Gasteiger partial charge in [-0.05, 0) is 49.3 Å². The quantitative estimate of drug-likeness (QED) is 0.852. The Labute approximate surface area is 128 Å². The average molecular weight is 304 g/mol. The fraction of sp³-hybridized carbons (Fsp3) is 0.500. The van der Waals surface area contributed by atoms with Gasteiger partial charge in [-0.2, -0.15) is 0 Å². The van der Waals surface area contributed by atoms with Crippen molar-refractivity contribution in [3.05, 3.63) is 23.8 Å². The van der Waals surface area contributed by atoms with Gasteiger partial charge in [-0.25, -0.2) is 9.78 Å². The molecule has 0 bridgehead atoms. The summed E-state index contributed by atoms with van der Waals surface area (Å²) >= 11 is 1.39. The van der Waals surface area contributed by atoms with Gasteiger partial charge in [-0.15, -0.1) is 0 Å². The van der Waals surface area contributed by atoms with Gasteiger partial charge in [0.05, 0.1) is 15.8 Å². The molecule has 0 spiro atoms. The molecule has 0 atom stereocenters. The molecule has 1 heterocycles. The second-order valence-electron chi connectivity index (χ2n) is 6.50. The molecule has 5 heteroatoms. The number of thiazole rings is 1. The van der Waals surface area contributed by atoms with Gasteiger partial charge < -0.3 is 10.5 Å². The van der Waals surface area contributed by atoms with Crippen molar-refractivity contribution in [2.75, 3.05) is 5.73 Å². The van der Waals surface area contributed by atoms with Gasteiger partial charge in [0.2, 0.25) is 0 Å². The third kappa shape index (κ3) is 3.18. The lowest BCUT2D eigenvalue weighted by Crippen LogP contribution is -2.28. The van der Waals surface area contributed by atoms with Crippen molar-refractivity contribution in [2.45, 2.75) is 45.6 Å². The van der Waals surface area contributed by atoms with E-state index in [0.29, 0.717) is 16.1 Å². The van der Waals surface area contributed by atoms with E-state index in [9.17, 15) is 4.79 Å². The maximum absolute atomic E-state index is 12.3. The first kappa shape index (κ1) is 14.3. The van der Waals surface area contributed by atoms with Crippen LogP contribution in [-0.4, -0.2) is 17.1 Å². The van der Waals surface area contributed by atoms with Crippen molar-refractivity contribution >= 4 is 32.7 Å². The zero-order valence-electron chi connectivity index (χ0n) is 12.4. The SMILES string of the molecule is CC1(C)CCC(OC(=O)c2ccc3nc(N)sc3c2)CC1. The molecular weight excluding hydrogens is 284 g/mol. The van der Waals surface area contributed by atoms with Crippen LogP contribution in [0.15, 0.2) is 18.2 Å². The predicted octanol–water partition coefficient (Wildman–Crippen LogP) is 4.00. The van der Waals surface area contributed by atoms with E-state index in [0.717, 1.165) is 35.9 Å². The zero-order chi connectivity index (χ0) is 15.0. The number of anilines is 1. The molecule has 1 aromatic carbocycles. The van der Waals surface area contributed by atoms with Gasteiger partial charge in [0.1, 0.15) is 6.10 Å². The summed E-state index contributed by atoms with van der Waals surface area (Å²) in [7, 11) is 0. The summed E-state index contributed by atoms with van der Waals surface area (Å²) in [6.07, 6.45) is 4.17. The van der Waals surface area contributed by atoms with Gasteiger partial charge in [-0.3, -0.25) is 0 Å². The number of carbonyl (C=O) groups excluding carboxylic acids is 1. The number of fused-ring (bicyclic) bond motifs is 1. The summed E-state index contributed by atoms with van der Waals surface area (Å²) in [4.78, 5) is 16.4. The lowest BCUT2D eigenvalue weighted by molar-refractivity contribution is 0.00953. The number of nitrogen functional groups attached to an aromatic ring is 1. The van der Waals surface area contributed by atoms with Crippen molar-refractivity contribution < 1.29 is 9.53 Å². The van der Waals surface area contributed by atoms with Crippen molar-refractivity contribution in [1.29, 1.82) is 0 Å². The number of ether oxygens (including phenoxy) is 1. The molecule has 0 saturated heterocycles. The topological polar surface area (TPSA) is 65.2 Å². The summed E-state index contributed by atoms with van der Waals surface area (Å²) < 4.78 is 6.56. The van der Waals surface area contributed by atoms with Crippen LogP contribution in [0.2, 0.25) is 0 Å². The molecule has 3 rings (SSSR count). The Kier molecular flexibility index (Phi) is 3.61. The number of aromatic nitrogens is 1. The second kappa shape index (κ2) is 5.30. The smallest absolute Gasteiger partial charge is 0.338 e. The predicted molar refractivity (Wildman–Crippen MR) is 85.5 cm³/mol. The van der Waals surface area contributed by atoms with Gasteiger partial charge in [0.15, 0.2) is 5.13 Å². The molecule has 1 saturated carbocycles. The molecule has 0 amide bonds. The molecule has 2 aromatic rings. The fourth-order valence-electron chi connectivity index (χ4n) is 2.78. The van der Waals surface area contributed by atoms with E-state index in [2.05, 4.69) is 18.8 Å². The van der Waals surface area contributed by atoms with E-state index < -0.39 is 0 Å². The maximum atomic E-state index is 12.3. The molecule has 2 N–H and O–H groups in total. The van der Waals surface area contributed by atoms with Gasteiger partial charge in [0, 0.05) is 0 Å². The van der Waals surface area contributed by atoms with Crippen LogP contribution in [0.1, 0.15) is 49.9 Å². The number of hydrogen-bond acceptors (Lipinski definition) is 5. The third-order valence-corrected chi connectivity index (χ3v) is 5.05. The Bertz CT molecular complexity index is 668. The monoisotopic (exact) mass is 304 g/mol. The van der Waals surface area contributed by atoms with E-state index in [1.807, 2.05) is 12.1 Å². The number of carbonyl (C=O) groups is 1. The Morgan fingerprint density at radius 2 is 2.10 bits per heavy atom. The normalized spacial score (nSPS) is 18.8. The fourth-order valence-corrected chi connectivity index (χ4v) is 3.55. The standard InChI is InChI=1S/C16H20N2O2S/c1-16(2)7-5-11(6-8-16)20-14(19)10-3-4-12-13(9-10)21-15(17)18-12/h3-4,9,11H,5-8H2,1-2H3,(H2,17,18). The highest BCUT2D eigenvalue weighted by atomic mass is 32.1. The minimum atomic E-state index is -0.242. The Balaban J connectivity index is 1.69. The van der Waals surface area contributed by atoms with Gasteiger partial charge >= 0.3 is 5.97 Å². The summed E-state index contributed by atoms with van der Waals surface area (Å²) in [5.74, 6) is -0.242. The lowest BCUT2D eigenvalue weighted by atomic mass is 9.76. The molecule has 21 heavy (non-hydrogen) atoms. The number of nitrogens with two attached hydrogens (primary N) is 1. The van der Waals surface area contributed by atoms with Crippen molar-refractivity contribution in [3.63, 3.8) is 0 Å². The molecule has 0 radical (unpaired) electrons. The first-order valence-corrected chi connectivity index (χ1v) is 8.12. The number of nitrogens with zero attached hydrogens (tertiary/aromatic N) is 1. The van der Waals surface area contributed by atoms with Crippen LogP contribution in [-0.2, 0) is 4.74 Å². The third-order valence-electron chi connectivity index (χ3n) is 4.20.